The van der Waals surface area contributed by atoms with Crippen LogP contribution in [0.15, 0.2) is 12.4 Å². The van der Waals surface area contributed by atoms with Crippen molar-refractivity contribution >= 4 is 27.4 Å². The fourth-order valence-electron chi connectivity index (χ4n) is 1.94. The Balaban J connectivity index is 2.34. The predicted molar refractivity (Wildman–Crippen MR) is 75.9 cm³/mol. The minimum Gasteiger partial charge on any atom is -0.390 e. The first-order valence-electron chi connectivity index (χ1n) is 6.06. The summed E-state index contributed by atoms with van der Waals surface area (Å²) in [4.78, 5) is 10.0. The van der Waals surface area contributed by atoms with E-state index in [0.717, 1.165) is 5.75 Å². The van der Waals surface area contributed by atoms with Gasteiger partial charge in [0.2, 0.25) is 0 Å². The highest BCUT2D eigenvalue weighted by atomic mass is 32.2. The minimum atomic E-state index is -3.16. The lowest BCUT2D eigenvalue weighted by Crippen LogP contribution is -2.48. The van der Waals surface area contributed by atoms with E-state index in [1.807, 2.05) is 0 Å². The summed E-state index contributed by atoms with van der Waals surface area (Å²) in [7, 11) is -3.16. The van der Waals surface area contributed by atoms with Crippen LogP contribution in [0.5, 0.6) is 0 Å². The SMILES string of the molecule is CCS(=O)(=O)C1CSCCN1c1cncc(CO)n1. The van der Waals surface area contributed by atoms with Gasteiger partial charge in [0.05, 0.1) is 24.7 Å². The second-order valence-corrected chi connectivity index (χ2v) is 7.80. The van der Waals surface area contributed by atoms with Gasteiger partial charge in [-0.2, -0.15) is 11.8 Å². The number of rotatable bonds is 4. The third-order valence-corrected chi connectivity index (χ3v) is 6.32. The van der Waals surface area contributed by atoms with E-state index >= 15 is 0 Å². The molecule has 1 unspecified atom stereocenters. The van der Waals surface area contributed by atoms with Gasteiger partial charge in [-0.1, -0.05) is 6.92 Å². The molecule has 0 aromatic carbocycles. The summed E-state index contributed by atoms with van der Waals surface area (Å²) in [6, 6.07) is 0. The number of hydrogen-bond acceptors (Lipinski definition) is 7. The van der Waals surface area contributed by atoms with Crippen LogP contribution >= 0.6 is 11.8 Å². The van der Waals surface area contributed by atoms with Gasteiger partial charge < -0.3 is 10.0 Å². The van der Waals surface area contributed by atoms with Crippen LogP contribution in [0.4, 0.5) is 5.82 Å². The third-order valence-electron chi connectivity index (χ3n) is 3.03. The summed E-state index contributed by atoms with van der Waals surface area (Å²) in [5, 5.41) is 8.53. The van der Waals surface area contributed by atoms with Gasteiger partial charge in [0.25, 0.3) is 0 Å². The lowest BCUT2D eigenvalue weighted by molar-refractivity contribution is 0.276. The van der Waals surface area contributed by atoms with Crippen LogP contribution in [0.25, 0.3) is 0 Å². The molecule has 0 aliphatic carbocycles. The van der Waals surface area contributed by atoms with Crippen LogP contribution in [0.3, 0.4) is 0 Å². The zero-order valence-corrected chi connectivity index (χ0v) is 12.3. The highest BCUT2D eigenvalue weighted by Gasteiger charge is 2.33. The second-order valence-electron chi connectivity index (χ2n) is 4.20. The maximum absolute atomic E-state index is 12.1. The Labute approximate surface area is 117 Å². The number of aromatic nitrogens is 2. The van der Waals surface area contributed by atoms with Crippen molar-refractivity contribution in [1.82, 2.24) is 9.97 Å². The highest BCUT2D eigenvalue weighted by molar-refractivity contribution is 8.01. The largest absolute Gasteiger partial charge is 0.390 e. The number of aliphatic hydroxyl groups is 1. The number of anilines is 1. The summed E-state index contributed by atoms with van der Waals surface area (Å²) in [6.07, 6.45) is 3.03. The molecule has 0 saturated carbocycles. The van der Waals surface area contributed by atoms with E-state index in [-0.39, 0.29) is 12.4 Å². The molecule has 6 nitrogen and oxygen atoms in total. The predicted octanol–water partition coefficient (Wildman–Crippen LogP) is 0.283. The van der Waals surface area contributed by atoms with Gasteiger partial charge in [-0.05, 0) is 0 Å². The molecule has 8 heteroatoms. The molecule has 1 aliphatic heterocycles. The topological polar surface area (TPSA) is 83.4 Å². The molecule has 1 aromatic heterocycles. The Morgan fingerprint density at radius 2 is 2.32 bits per heavy atom. The Hall–Kier alpha value is -0.860. The summed E-state index contributed by atoms with van der Waals surface area (Å²) in [5.41, 5.74) is 0.448. The van der Waals surface area contributed by atoms with Crippen molar-refractivity contribution in [2.75, 3.05) is 28.7 Å². The van der Waals surface area contributed by atoms with E-state index in [4.69, 9.17) is 5.11 Å². The van der Waals surface area contributed by atoms with Crippen molar-refractivity contribution in [3.63, 3.8) is 0 Å². The molecule has 1 N–H and O–H groups in total. The molecule has 0 radical (unpaired) electrons. The quantitative estimate of drug-likeness (QED) is 0.855. The maximum Gasteiger partial charge on any atom is 0.171 e. The Kier molecular flexibility index (Phi) is 4.64. The molecule has 1 fully saturated rings. The molecule has 1 aromatic rings. The third kappa shape index (κ3) is 3.18. The van der Waals surface area contributed by atoms with Gasteiger partial charge >= 0.3 is 0 Å². The number of sulfone groups is 1. The molecule has 19 heavy (non-hydrogen) atoms. The zero-order valence-electron chi connectivity index (χ0n) is 10.7. The normalized spacial score (nSPS) is 20.5. The molecule has 0 spiro atoms. The van der Waals surface area contributed by atoms with Crippen molar-refractivity contribution in [3.8, 4) is 0 Å². The average Bonchev–Trinajstić information content (AvgIpc) is 2.47. The molecular weight excluding hydrogens is 286 g/mol. The fraction of sp³-hybridized carbons (Fsp3) is 0.636. The number of hydrogen-bond donors (Lipinski definition) is 1. The van der Waals surface area contributed by atoms with Gasteiger partial charge in [0.1, 0.15) is 11.2 Å². The van der Waals surface area contributed by atoms with Crippen LogP contribution in [0, 0.1) is 0 Å². The van der Waals surface area contributed by atoms with E-state index < -0.39 is 15.2 Å². The van der Waals surface area contributed by atoms with Gasteiger partial charge in [-0.3, -0.25) is 4.98 Å². The zero-order chi connectivity index (χ0) is 13.9. The Morgan fingerprint density at radius 3 is 3.00 bits per heavy atom. The number of aliphatic hydroxyl groups excluding tert-OH is 1. The van der Waals surface area contributed by atoms with E-state index in [2.05, 4.69) is 9.97 Å². The average molecular weight is 303 g/mol. The van der Waals surface area contributed by atoms with E-state index in [9.17, 15) is 8.42 Å². The number of thioether (sulfide) groups is 1. The molecule has 0 bridgehead atoms. The first kappa shape index (κ1) is 14.5. The molecule has 0 amide bonds. The Morgan fingerprint density at radius 1 is 1.53 bits per heavy atom. The molecule has 2 heterocycles. The Bertz CT molecular complexity index is 536. The lowest BCUT2D eigenvalue weighted by atomic mass is 10.4. The fourth-order valence-corrected chi connectivity index (χ4v) is 4.92. The van der Waals surface area contributed by atoms with Crippen LogP contribution in [0.1, 0.15) is 12.6 Å². The first-order chi connectivity index (χ1) is 9.08. The smallest absolute Gasteiger partial charge is 0.171 e. The van der Waals surface area contributed by atoms with Crippen molar-refractivity contribution in [3.05, 3.63) is 18.1 Å². The standard InChI is InChI=1S/C11H17N3O3S2/c1-2-19(16,17)11-8-18-4-3-14(11)10-6-12-5-9(7-15)13-10/h5-6,11,15H,2-4,7-8H2,1H3. The van der Waals surface area contributed by atoms with E-state index in [0.29, 0.717) is 23.8 Å². The first-order valence-corrected chi connectivity index (χ1v) is 8.93. The molecule has 1 atom stereocenters. The molecule has 106 valence electrons. The van der Waals surface area contributed by atoms with Crippen LogP contribution in [-0.4, -0.2) is 52.7 Å². The van der Waals surface area contributed by atoms with Crippen molar-refractivity contribution in [1.29, 1.82) is 0 Å². The van der Waals surface area contributed by atoms with Gasteiger partial charge in [0, 0.05) is 23.8 Å². The molecular formula is C11H17N3O3S2. The molecule has 1 saturated heterocycles. The minimum absolute atomic E-state index is 0.113. The summed E-state index contributed by atoms with van der Waals surface area (Å²) in [6.45, 7) is 2.08. The lowest BCUT2D eigenvalue weighted by Gasteiger charge is -2.35. The highest BCUT2D eigenvalue weighted by Crippen LogP contribution is 2.25. The van der Waals surface area contributed by atoms with Gasteiger partial charge in [-0.25, -0.2) is 13.4 Å². The van der Waals surface area contributed by atoms with Crippen LogP contribution < -0.4 is 4.90 Å². The number of nitrogens with zero attached hydrogens (tertiary/aromatic N) is 3. The van der Waals surface area contributed by atoms with E-state index in [1.165, 1.54) is 6.20 Å². The van der Waals surface area contributed by atoms with Gasteiger partial charge in [-0.15, -0.1) is 0 Å². The van der Waals surface area contributed by atoms with Crippen molar-refractivity contribution in [2.24, 2.45) is 0 Å². The summed E-state index contributed by atoms with van der Waals surface area (Å²) in [5.74, 6) is 2.04. The van der Waals surface area contributed by atoms with E-state index in [1.54, 1.807) is 29.8 Å². The summed E-state index contributed by atoms with van der Waals surface area (Å²) >= 11 is 1.64. The monoisotopic (exact) mass is 303 g/mol. The second kappa shape index (κ2) is 6.06. The van der Waals surface area contributed by atoms with Crippen molar-refractivity contribution < 1.29 is 13.5 Å². The molecule has 1 aliphatic rings. The van der Waals surface area contributed by atoms with Crippen molar-refractivity contribution in [2.45, 2.75) is 18.9 Å². The van der Waals surface area contributed by atoms with Gasteiger partial charge in [0.15, 0.2) is 9.84 Å². The molecule has 2 rings (SSSR count). The summed E-state index contributed by atoms with van der Waals surface area (Å²) < 4.78 is 24.3. The van der Waals surface area contributed by atoms with Crippen LogP contribution in [0.2, 0.25) is 0 Å². The van der Waals surface area contributed by atoms with Crippen LogP contribution in [-0.2, 0) is 16.4 Å². The maximum atomic E-state index is 12.1.